The molecule has 0 aromatic heterocycles. The molecule has 1 N–H and O–H groups in total. The number of unbranched alkanes of at least 4 members (excludes halogenated alkanes) is 1. The average Bonchev–Trinajstić information content (AvgIpc) is 3.15. The third-order valence-corrected chi connectivity index (χ3v) is 4.01. The van der Waals surface area contributed by atoms with E-state index in [2.05, 4.69) is 11.8 Å². The highest BCUT2D eigenvalue weighted by Crippen LogP contribution is 2.38. The molecule has 0 bridgehead atoms. The van der Waals surface area contributed by atoms with E-state index >= 15 is 0 Å². The van der Waals surface area contributed by atoms with Gasteiger partial charge in [-0.05, 0) is 38.6 Å². The third-order valence-electron chi connectivity index (χ3n) is 4.01. The summed E-state index contributed by atoms with van der Waals surface area (Å²) in [6.45, 7) is 4.25. The van der Waals surface area contributed by atoms with E-state index in [1.165, 1.54) is 12.8 Å². The molecule has 2 rings (SSSR count). The van der Waals surface area contributed by atoms with Crippen LogP contribution in [0.15, 0.2) is 0 Å². The van der Waals surface area contributed by atoms with Gasteiger partial charge in [-0.15, -0.1) is 0 Å². The Bertz CT molecular complexity index is 270. The smallest absolute Gasteiger partial charge is 0.324 e. The second kappa shape index (κ2) is 5.36. The van der Waals surface area contributed by atoms with Crippen molar-refractivity contribution >= 4 is 5.97 Å². The summed E-state index contributed by atoms with van der Waals surface area (Å²) in [4.78, 5) is 14.0. The van der Waals surface area contributed by atoms with Gasteiger partial charge in [0.2, 0.25) is 0 Å². The highest BCUT2D eigenvalue weighted by Gasteiger charge is 2.50. The number of nitrogens with zero attached hydrogens (tertiary/aromatic N) is 1. The lowest BCUT2D eigenvalue weighted by Gasteiger charge is -2.43. The van der Waals surface area contributed by atoms with Crippen molar-refractivity contribution in [3.05, 3.63) is 0 Å². The Labute approximate surface area is 103 Å². The Hall–Kier alpha value is -0.610. The number of carbonyl (C=O) groups is 1. The molecule has 2 aliphatic rings. The number of aliphatic carboxylic acids is 1. The molecule has 1 aliphatic carbocycles. The minimum Gasteiger partial charge on any atom is -0.480 e. The van der Waals surface area contributed by atoms with Crippen molar-refractivity contribution in [2.45, 2.75) is 57.0 Å². The van der Waals surface area contributed by atoms with E-state index in [9.17, 15) is 9.90 Å². The fraction of sp³-hybridized carbons (Fsp3) is 0.923. The van der Waals surface area contributed by atoms with Crippen LogP contribution in [0.1, 0.15) is 45.4 Å². The molecular formula is C13H23NO3. The first-order valence-electron chi connectivity index (χ1n) is 6.78. The van der Waals surface area contributed by atoms with Crippen molar-refractivity contribution in [3.63, 3.8) is 0 Å². The zero-order chi connectivity index (χ0) is 12.3. The molecule has 4 nitrogen and oxygen atoms in total. The zero-order valence-electron chi connectivity index (χ0n) is 10.7. The Balaban J connectivity index is 2.12. The largest absolute Gasteiger partial charge is 0.480 e. The van der Waals surface area contributed by atoms with Crippen LogP contribution in [-0.2, 0) is 9.53 Å². The Morgan fingerprint density at radius 3 is 2.53 bits per heavy atom. The van der Waals surface area contributed by atoms with Gasteiger partial charge in [0.15, 0.2) is 0 Å². The molecule has 1 heterocycles. The number of rotatable bonds is 6. The number of ether oxygens (including phenoxy) is 1. The molecule has 1 aliphatic heterocycles. The fourth-order valence-electron chi connectivity index (χ4n) is 2.79. The standard InChI is InChI=1S/C13H23NO3/c1-2-3-8-14(11-4-5-11)13(12(15)16)6-9-17-10-7-13/h11H,2-10H2,1H3,(H,15,16). The molecule has 0 amide bonds. The van der Waals surface area contributed by atoms with Gasteiger partial charge in [0, 0.05) is 19.3 Å². The van der Waals surface area contributed by atoms with E-state index in [4.69, 9.17) is 4.74 Å². The minimum absolute atomic E-state index is 0.510. The second-order valence-corrected chi connectivity index (χ2v) is 5.23. The topological polar surface area (TPSA) is 49.8 Å². The predicted molar refractivity (Wildman–Crippen MR) is 65.1 cm³/mol. The van der Waals surface area contributed by atoms with E-state index < -0.39 is 11.5 Å². The second-order valence-electron chi connectivity index (χ2n) is 5.23. The van der Waals surface area contributed by atoms with Gasteiger partial charge >= 0.3 is 5.97 Å². The van der Waals surface area contributed by atoms with Gasteiger partial charge in [-0.2, -0.15) is 0 Å². The third kappa shape index (κ3) is 2.63. The Kier molecular flexibility index (Phi) is 4.05. The summed E-state index contributed by atoms with van der Waals surface area (Å²) >= 11 is 0. The van der Waals surface area contributed by atoms with Crippen LogP contribution >= 0.6 is 0 Å². The monoisotopic (exact) mass is 241 g/mol. The molecule has 4 heteroatoms. The molecule has 17 heavy (non-hydrogen) atoms. The van der Waals surface area contributed by atoms with Gasteiger partial charge < -0.3 is 9.84 Å². The van der Waals surface area contributed by atoms with E-state index in [1.54, 1.807) is 0 Å². The Morgan fingerprint density at radius 2 is 2.06 bits per heavy atom. The minimum atomic E-state index is -0.649. The highest BCUT2D eigenvalue weighted by atomic mass is 16.5. The zero-order valence-corrected chi connectivity index (χ0v) is 10.7. The molecular weight excluding hydrogens is 218 g/mol. The van der Waals surface area contributed by atoms with Crippen LogP contribution in [-0.4, -0.2) is 47.3 Å². The van der Waals surface area contributed by atoms with Crippen LogP contribution in [0.25, 0.3) is 0 Å². The molecule has 98 valence electrons. The van der Waals surface area contributed by atoms with Crippen molar-refractivity contribution in [3.8, 4) is 0 Å². The summed E-state index contributed by atoms with van der Waals surface area (Å²) in [5.41, 5.74) is -0.644. The van der Waals surface area contributed by atoms with Gasteiger partial charge in [-0.3, -0.25) is 9.69 Å². The van der Waals surface area contributed by atoms with Crippen molar-refractivity contribution in [2.24, 2.45) is 0 Å². The Morgan fingerprint density at radius 1 is 1.41 bits per heavy atom. The molecule has 0 atom stereocenters. The van der Waals surface area contributed by atoms with E-state index in [0.717, 1.165) is 19.4 Å². The van der Waals surface area contributed by atoms with E-state index in [1.807, 2.05) is 0 Å². The van der Waals surface area contributed by atoms with E-state index in [0.29, 0.717) is 32.1 Å². The van der Waals surface area contributed by atoms with Crippen LogP contribution in [0.2, 0.25) is 0 Å². The summed E-state index contributed by atoms with van der Waals surface area (Å²) in [5.74, 6) is -0.649. The first-order chi connectivity index (χ1) is 8.20. The summed E-state index contributed by atoms with van der Waals surface area (Å²) in [6, 6.07) is 0.510. The first kappa shape index (κ1) is 12.8. The van der Waals surface area contributed by atoms with Gasteiger partial charge in [0.25, 0.3) is 0 Å². The lowest BCUT2D eigenvalue weighted by atomic mass is 9.87. The molecule has 0 radical (unpaired) electrons. The van der Waals surface area contributed by atoms with Crippen molar-refractivity contribution in [1.82, 2.24) is 4.90 Å². The molecule has 2 fully saturated rings. The van der Waals surface area contributed by atoms with Crippen molar-refractivity contribution < 1.29 is 14.6 Å². The molecule has 0 aromatic carbocycles. The SMILES string of the molecule is CCCCN(C1CC1)C1(C(=O)O)CCOCC1. The molecule has 1 saturated carbocycles. The van der Waals surface area contributed by atoms with Gasteiger partial charge in [0.1, 0.15) is 5.54 Å². The van der Waals surface area contributed by atoms with Crippen LogP contribution < -0.4 is 0 Å². The number of hydrogen-bond acceptors (Lipinski definition) is 3. The van der Waals surface area contributed by atoms with Crippen molar-refractivity contribution in [2.75, 3.05) is 19.8 Å². The van der Waals surface area contributed by atoms with Gasteiger partial charge in [-0.25, -0.2) is 0 Å². The summed E-state index contributed by atoms with van der Waals surface area (Å²) < 4.78 is 5.34. The maximum atomic E-state index is 11.7. The van der Waals surface area contributed by atoms with Crippen molar-refractivity contribution in [1.29, 1.82) is 0 Å². The number of hydrogen-bond donors (Lipinski definition) is 1. The average molecular weight is 241 g/mol. The normalized spacial score (nSPS) is 23.9. The van der Waals surface area contributed by atoms with Gasteiger partial charge in [0.05, 0.1) is 0 Å². The molecule has 0 aromatic rings. The first-order valence-corrected chi connectivity index (χ1v) is 6.78. The maximum absolute atomic E-state index is 11.7. The lowest BCUT2D eigenvalue weighted by Crippen LogP contribution is -2.58. The molecule has 1 saturated heterocycles. The van der Waals surface area contributed by atoms with Crippen LogP contribution in [0, 0.1) is 0 Å². The summed E-state index contributed by atoms with van der Waals surface area (Å²) in [6.07, 6.45) is 5.83. The molecule has 0 spiro atoms. The predicted octanol–water partition coefficient (Wildman–Crippen LogP) is 1.88. The van der Waals surface area contributed by atoms with E-state index in [-0.39, 0.29) is 0 Å². The number of carboxylic acids is 1. The quantitative estimate of drug-likeness (QED) is 0.771. The summed E-state index contributed by atoms with van der Waals surface area (Å²) in [7, 11) is 0. The summed E-state index contributed by atoms with van der Waals surface area (Å²) in [5, 5.41) is 9.64. The fourth-order valence-corrected chi connectivity index (χ4v) is 2.79. The van der Waals surface area contributed by atoms with Crippen LogP contribution in [0.5, 0.6) is 0 Å². The van der Waals surface area contributed by atoms with Crippen LogP contribution in [0.3, 0.4) is 0 Å². The lowest BCUT2D eigenvalue weighted by molar-refractivity contribution is -0.159. The number of carboxylic acid groups (broad SMARTS) is 1. The molecule has 0 unspecified atom stereocenters. The van der Waals surface area contributed by atoms with Crippen LogP contribution in [0.4, 0.5) is 0 Å². The highest BCUT2D eigenvalue weighted by molar-refractivity contribution is 5.79. The van der Waals surface area contributed by atoms with Gasteiger partial charge in [-0.1, -0.05) is 13.3 Å². The maximum Gasteiger partial charge on any atom is 0.324 e.